The van der Waals surface area contributed by atoms with E-state index >= 15 is 0 Å². The summed E-state index contributed by atoms with van der Waals surface area (Å²) >= 11 is 0. The first-order valence-electron chi connectivity index (χ1n) is 6.72. The lowest BCUT2D eigenvalue weighted by atomic mass is 9.80. The van der Waals surface area contributed by atoms with Crippen LogP contribution in [0.4, 0.5) is 0 Å². The van der Waals surface area contributed by atoms with Gasteiger partial charge in [-0.25, -0.2) is 0 Å². The minimum Gasteiger partial charge on any atom is -0.300 e. The third-order valence-corrected chi connectivity index (χ3v) is 4.81. The topological polar surface area (TPSA) is 3.24 Å². The predicted octanol–water partition coefficient (Wildman–Crippen LogP) is 3.30. The van der Waals surface area contributed by atoms with Crippen LogP contribution in [0.1, 0.15) is 52.9 Å². The van der Waals surface area contributed by atoms with Gasteiger partial charge in [-0.05, 0) is 55.4 Å². The molecule has 0 aromatic rings. The highest BCUT2D eigenvalue weighted by molar-refractivity contribution is 5.08. The fourth-order valence-corrected chi connectivity index (χ4v) is 3.98. The first kappa shape index (κ1) is 10.1. The molecule has 0 aromatic heterocycles. The first-order chi connectivity index (χ1) is 6.98. The van der Waals surface area contributed by atoms with Crippen molar-refractivity contribution >= 4 is 0 Å². The Morgan fingerprint density at radius 2 is 2.00 bits per heavy atom. The van der Waals surface area contributed by atoms with Crippen molar-refractivity contribution in [2.75, 3.05) is 13.1 Å². The fraction of sp³-hybridized carbons (Fsp3) is 1.00. The summed E-state index contributed by atoms with van der Waals surface area (Å²) in [5.74, 6) is 1.00. The highest BCUT2D eigenvalue weighted by Crippen LogP contribution is 2.58. The standard InChI is InChI=1S/C14H25N/c1-13(2,3)8-11-4-7-15-10-14(5-6-14)9-12(11)15/h11-12H,4-10H2,1-3H3. The molecule has 1 heteroatoms. The maximum Gasteiger partial charge on any atom is 0.0130 e. The Morgan fingerprint density at radius 3 is 2.60 bits per heavy atom. The number of nitrogens with zero attached hydrogens (tertiary/aromatic N) is 1. The second kappa shape index (κ2) is 3.00. The average Bonchev–Trinajstić information content (AvgIpc) is 2.59. The van der Waals surface area contributed by atoms with E-state index in [0.717, 1.165) is 17.4 Å². The van der Waals surface area contributed by atoms with Crippen LogP contribution in [0.3, 0.4) is 0 Å². The molecule has 3 aliphatic rings. The molecular formula is C14H25N. The SMILES string of the molecule is CC(C)(C)CC1CCN2CC3(CC3)CC12. The van der Waals surface area contributed by atoms with Crippen molar-refractivity contribution in [2.45, 2.75) is 58.9 Å². The van der Waals surface area contributed by atoms with E-state index in [2.05, 4.69) is 25.7 Å². The third-order valence-electron chi connectivity index (χ3n) is 4.81. The molecule has 86 valence electrons. The van der Waals surface area contributed by atoms with Crippen LogP contribution in [-0.2, 0) is 0 Å². The molecule has 1 aliphatic carbocycles. The van der Waals surface area contributed by atoms with E-state index in [1.54, 1.807) is 0 Å². The minimum absolute atomic E-state index is 0.528. The van der Waals surface area contributed by atoms with E-state index in [4.69, 9.17) is 0 Å². The van der Waals surface area contributed by atoms with E-state index in [9.17, 15) is 0 Å². The van der Waals surface area contributed by atoms with Gasteiger partial charge in [-0.2, -0.15) is 0 Å². The Labute approximate surface area is 94.2 Å². The molecule has 0 N–H and O–H groups in total. The van der Waals surface area contributed by atoms with Crippen LogP contribution in [0.2, 0.25) is 0 Å². The molecular weight excluding hydrogens is 182 g/mol. The maximum atomic E-state index is 2.81. The molecule has 3 rings (SSSR count). The van der Waals surface area contributed by atoms with Crippen LogP contribution < -0.4 is 0 Å². The number of fused-ring (bicyclic) bond motifs is 1. The smallest absolute Gasteiger partial charge is 0.0130 e. The lowest BCUT2D eigenvalue weighted by molar-refractivity contribution is 0.232. The highest BCUT2D eigenvalue weighted by atomic mass is 15.2. The van der Waals surface area contributed by atoms with Crippen LogP contribution in [0.25, 0.3) is 0 Å². The van der Waals surface area contributed by atoms with Gasteiger partial charge in [-0.15, -0.1) is 0 Å². The molecule has 2 heterocycles. The monoisotopic (exact) mass is 207 g/mol. The largest absolute Gasteiger partial charge is 0.300 e. The lowest BCUT2D eigenvalue weighted by Crippen LogP contribution is -2.28. The van der Waals surface area contributed by atoms with Gasteiger partial charge in [0.1, 0.15) is 0 Å². The van der Waals surface area contributed by atoms with Gasteiger partial charge in [0.2, 0.25) is 0 Å². The Kier molecular flexibility index (Phi) is 2.03. The van der Waals surface area contributed by atoms with Gasteiger partial charge < -0.3 is 0 Å². The Morgan fingerprint density at radius 1 is 1.27 bits per heavy atom. The Bertz CT molecular complexity index is 259. The van der Waals surface area contributed by atoms with Gasteiger partial charge >= 0.3 is 0 Å². The van der Waals surface area contributed by atoms with Crippen LogP contribution in [0.5, 0.6) is 0 Å². The lowest BCUT2D eigenvalue weighted by Gasteiger charge is -2.27. The molecule has 1 saturated carbocycles. The molecule has 15 heavy (non-hydrogen) atoms. The first-order valence-corrected chi connectivity index (χ1v) is 6.72. The molecule has 0 amide bonds. The number of hydrogen-bond acceptors (Lipinski definition) is 1. The average molecular weight is 207 g/mol. The number of rotatable bonds is 1. The van der Waals surface area contributed by atoms with Crippen molar-refractivity contribution < 1.29 is 0 Å². The van der Waals surface area contributed by atoms with Gasteiger partial charge in [0.25, 0.3) is 0 Å². The Hall–Kier alpha value is -0.0400. The van der Waals surface area contributed by atoms with Gasteiger partial charge in [-0.3, -0.25) is 4.90 Å². The summed E-state index contributed by atoms with van der Waals surface area (Å²) in [6, 6.07) is 0.965. The summed E-state index contributed by atoms with van der Waals surface area (Å²) in [6.07, 6.45) is 7.50. The van der Waals surface area contributed by atoms with E-state index in [1.165, 1.54) is 45.2 Å². The van der Waals surface area contributed by atoms with Crippen LogP contribution >= 0.6 is 0 Å². The summed E-state index contributed by atoms with van der Waals surface area (Å²) in [5.41, 5.74) is 1.35. The summed E-state index contributed by atoms with van der Waals surface area (Å²) in [4.78, 5) is 2.81. The minimum atomic E-state index is 0.528. The Balaban J connectivity index is 1.67. The molecule has 2 aliphatic heterocycles. The molecule has 1 spiro atoms. The normalized spacial score (nSPS) is 38.6. The predicted molar refractivity (Wildman–Crippen MR) is 63.8 cm³/mol. The van der Waals surface area contributed by atoms with Crippen molar-refractivity contribution in [3.8, 4) is 0 Å². The summed E-state index contributed by atoms with van der Waals surface area (Å²) < 4.78 is 0. The summed E-state index contributed by atoms with van der Waals surface area (Å²) in [7, 11) is 0. The van der Waals surface area contributed by atoms with Crippen LogP contribution in [-0.4, -0.2) is 24.0 Å². The van der Waals surface area contributed by atoms with Crippen LogP contribution in [0, 0.1) is 16.7 Å². The zero-order valence-corrected chi connectivity index (χ0v) is 10.6. The van der Waals surface area contributed by atoms with Crippen molar-refractivity contribution in [1.82, 2.24) is 4.90 Å². The van der Waals surface area contributed by atoms with Crippen molar-refractivity contribution in [3.63, 3.8) is 0 Å². The van der Waals surface area contributed by atoms with Gasteiger partial charge in [-0.1, -0.05) is 20.8 Å². The van der Waals surface area contributed by atoms with Gasteiger partial charge in [0.05, 0.1) is 0 Å². The van der Waals surface area contributed by atoms with Crippen molar-refractivity contribution in [2.24, 2.45) is 16.7 Å². The molecule has 0 aromatic carbocycles. The zero-order chi connectivity index (χ0) is 10.7. The maximum absolute atomic E-state index is 2.81. The second-order valence-corrected chi connectivity index (χ2v) is 7.56. The van der Waals surface area contributed by atoms with Crippen LogP contribution in [0.15, 0.2) is 0 Å². The van der Waals surface area contributed by atoms with Crippen molar-refractivity contribution in [3.05, 3.63) is 0 Å². The zero-order valence-electron chi connectivity index (χ0n) is 10.6. The summed E-state index contributed by atoms with van der Waals surface area (Å²) in [5, 5.41) is 0. The molecule has 3 fully saturated rings. The van der Waals surface area contributed by atoms with E-state index in [1.807, 2.05) is 0 Å². The van der Waals surface area contributed by atoms with E-state index in [0.29, 0.717) is 5.41 Å². The molecule has 2 saturated heterocycles. The highest BCUT2D eigenvalue weighted by Gasteiger charge is 2.55. The quantitative estimate of drug-likeness (QED) is 0.637. The molecule has 1 nitrogen and oxygen atoms in total. The number of hydrogen-bond donors (Lipinski definition) is 0. The third kappa shape index (κ3) is 1.84. The van der Waals surface area contributed by atoms with Gasteiger partial charge in [0, 0.05) is 12.6 Å². The van der Waals surface area contributed by atoms with E-state index in [-0.39, 0.29) is 0 Å². The fourth-order valence-electron chi connectivity index (χ4n) is 3.98. The van der Waals surface area contributed by atoms with E-state index < -0.39 is 0 Å². The molecule has 0 radical (unpaired) electrons. The van der Waals surface area contributed by atoms with Gasteiger partial charge in [0.15, 0.2) is 0 Å². The summed E-state index contributed by atoms with van der Waals surface area (Å²) in [6.45, 7) is 10.0. The van der Waals surface area contributed by atoms with Crippen molar-refractivity contribution in [1.29, 1.82) is 0 Å². The molecule has 0 bridgehead atoms. The second-order valence-electron chi connectivity index (χ2n) is 7.56. The molecule has 2 atom stereocenters. The molecule has 2 unspecified atom stereocenters.